The predicted octanol–water partition coefficient (Wildman–Crippen LogP) is 13.3. The van der Waals surface area contributed by atoms with Crippen LogP contribution >= 0.6 is 0 Å². The van der Waals surface area contributed by atoms with Gasteiger partial charge in [0, 0.05) is 19.3 Å². The van der Waals surface area contributed by atoms with Gasteiger partial charge in [-0.2, -0.15) is 0 Å². The summed E-state index contributed by atoms with van der Waals surface area (Å²) in [7, 11) is 0. The number of carboxylic acids is 1. The molecule has 0 radical (unpaired) electrons. The number of rotatable bonds is 44. The molecule has 0 spiro atoms. The predicted molar refractivity (Wildman–Crippen MR) is 284 cm³/mol. The van der Waals surface area contributed by atoms with Gasteiger partial charge in [-0.15, -0.1) is 0 Å². The Kier molecular flexibility index (Phi) is 42.5. The van der Waals surface area contributed by atoms with E-state index in [9.17, 15) is 34.5 Å². The maximum absolute atomic E-state index is 13.1. The van der Waals surface area contributed by atoms with Crippen molar-refractivity contribution in [1.82, 2.24) is 0 Å². The number of hydrogen-bond donors (Lipinski definition) is 3. The Balaban J connectivity index is 2.78. The zero-order valence-corrected chi connectivity index (χ0v) is 43.9. The van der Waals surface area contributed by atoms with Crippen molar-refractivity contribution in [1.29, 1.82) is 0 Å². The van der Waals surface area contributed by atoms with E-state index in [1.807, 2.05) is 6.08 Å². The van der Waals surface area contributed by atoms with Crippen LogP contribution in [0.3, 0.4) is 0 Å². The third-order valence-corrected chi connectivity index (χ3v) is 11.7. The molecule has 71 heavy (non-hydrogen) atoms. The second-order valence-electron chi connectivity index (χ2n) is 18.1. The molecule has 12 nitrogen and oxygen atoms in total. The van der Waals surface area contributed by atoms with E-state index < -0.39 is 67.3 Å². The molecule has 1 fully saturated rings. The highest BCUT2D eigenvalue weighted by Gasteiger charge is 2.50. The second-order valence-corrected chi connectivity index (χ2v) is 18.1. The van der Waals surface area contributed by atoms with E-state index in [0.717, 1.165) is 96.3 Å². The maximum atomic E-state index is 13.1. The fourth-order valence-electron chi connectivity index (χ4n) is 7.53. The quantitative estimate of drug-likeness (QED) is 0.0228. The maximum Gasteiger partial charge on any atom is 0.335 e. The van der Waals surface area contributed by atoms with Crippen molar-refractivity contribution in [3.8, 4) is 0 Å². The van der Waals surface area contributed by atoms with Crippen LogP contribution in [0, 0.1) is 0 Å². The number of carbonyl (C=O) groups excluding carboxylic acids is 3. The van der Waals surface area contributed by atoms with Crippen molar-refractivity contribution in [2.24, 2.45) is 0 Å². The molecular weight excluding hydrogens is 901 g/mol. The fourth-order valence-corrected chi connectivity index (χ4v) is 7.53. The van der Waals surface area contributed by atoms with Gasteiger partial charge in [0.25, 0.3) is 0 Å². The van der Waals surface area contributed by atoms with Crippen LogP contribution in [0.5, 0.6) is 0 Å². The molecule has 1 aliphatic heterocycles. The SMILES string of the molecule is CC/C=C\C/C=C\C/C=C\C/C=C\C/C=C\CCCC(=O)OCC(COC1OC(C(=O)O)C(O)C(O)C1OC(=O)CCCCCCCCCCCCC)OC(=O)CCCCC/C=C\C/C=C\C/C=C\CC. The lowest BCUT2D eigenvalue weighted by atomic mass is 9.98. The number of ether oxygens (including phenoxy) is 5. The van der Waals surface area contributed by atoms with E-state index in [1.165, 1.54) is 38.5 Å². The Morgan fingerprint density at radius 2 is 0.901 bits per heavy atom. The van der Waals surface area contributed by atoms with Gasteiger partial charge in [0.15, 0.2) is 24.6 Å². The number of allylic oxidation sites excluding steroid dienone is 16. The van der Waals surface area contributed by atoms with Crippen LogP contribution in [0.15, 0.2) is 97.2 Å². The van der Waals surface area contributed by atoms with Gasteiger partial charge < -0.3 is 39.0 Å². The van der Waals surface area contributed by atoms with E-state index in [4.69, 9.17) is 23.7 Å². The molecule has 12 heteroatoms. The molecule has 1 aliphatic rings. The molecule has 0 aromatic carbocycles. The van der Waals surface area contributed by atoms with Crippen LogP contribution in [0.25, 0.3) is 0 Å². The van der Waals surface area contributed by atoms with Gasteiger partial charge in [-0.3, -0.25) is 14.4 Å². The van der Waals surface area contributed by atoms with Crippen LogP contribution in [0.4, 0.5) is 0 Å². The molecule has 6 unspecified atom stereocenters. The molecule has 1 rings (SSSR count). The van der Waals surface area contributed by atoms with Gasteiger partial charge >= 0.3 is 23.9 Å². The number of carboxylic acid groups (broad SMARTS) is 1. The van der Waals surface area contributed by atoms with Crippen molar-refractivity contribution in [3.05, 3.63) is 97.2 Å². The molecule has 0 aromatic heterocycles. The van der Waals surface area contributed by atoms with E-state index in [2.05, 4.69) is 112 Å². The van der Waals surface area contributed by atoms with Crippen molar-refractivity contribution in [2.75, 3.05) is 13.2 Å². The third kappa shape index (κ3) is 37.1. The monoisotopic (exact) mass is 995 g/mol. The molecule has 0 aromatic rings. The van der Waals surface area contributed by atoms with Crippen LogP contribution in [-0.4, -0.2) is 89.2 Å². The molecule has 1 heterocycles. The number of aliphatic hydroxyl groups excluding tert-OH is 2. The Labute approximate surface area is 428 Å². The molecule has 0 bridgehead atoms. The molecular formula is C59H94O12. The molecule has 0 aliphatic carbocycles. The first-order valence-corrected chi connectivity index (χ1v) is 27.2. The summed E-state index contributed by atoms with van der Waals surface area (Å²) in [4.78, 5) is 50.9. The summed E-state index contributed by atoms with van der Waals surface area (Å²) >= 11 is 0. The minimum Gasteiger partial charge on any atom is -0.479 e. The highest BCUT2D eigenvalue weighted by atomic mass is 16.7. The summed E-state index contributed by atoms with van der Waals surface area (Å²) in [6.45, 7) is 5.65. The molecule has 0 amide bonds. The first-order valence-electron chi connectivity index (χ1n) is 27.2. The number of esters is 3. The van der Waals surface area contributed by atoms with E-state index in [-0.39, 0.29) is 25.9 Å². The average molecular weight is 995 g/mol. The van der Waals surface area contributed by atoms with Crippen LogP contribution < -0.4 is 0 Å². The highest BCUT2D eigenvalue weighted by molar-refractivity contribution is 5.74. The third-order valence-electron chi connectivity index (χ3n) is 11.7. The van der Waals surface area contributed by atoms with Gasteiger partial charge in [-0.1, -0.05) is 189 Å². The normalized spacial score (nSPS) is 19.3. The Hall–Kier alpha value is -4.36. The smallest absolute Gasteiger partial charge is 0.335 e. The Bertz CT molecular complexity index is 1610. The first kappa shape index (κ1) is 64.7. The lowest BCUT2D eigenvalue weighted by molar-refractivity contribution is -0.301. The Morgan fingerprint density at radius 1 is 0.479 bits per heavy atom. The van der Waals surface area contributed by atoms with Crippen LogP contribution in [0.2, 0.25) is 0 Å². The van der Waals surface area contributed by atoms with E-state index >= 15 is 0 Å². The van der Waals surface area contributed by atoms with Gasteiger partial charge in [0.1, 0.15) is 18.8 Å². The summed E-state index contributed by atoms with van der Waals surface area (Å²) in [5.41, 5.74) is 0. The minimum absolute atomic E-state index is 0.0491. The lowest BCUT2D eigenvalue weighted by Gasteiger charge is -2.40. The molecule has 402 valence electrons. The fraction of sp³-hybridized carbons (Fsp3) is 0.661. The topological polar surface area (TPSA) is 175 Å². The van der Waals surface area contributed by atoms with Crippen molar-refractivity contribution in [2.45, 2.75) is 237 Å². The van der Waals surface area contributed by atoms with Gasteiger partial charge in [0.2, 0.25) is 0 Å². The average Bonchev–Trinajstić information content (AvgIpc) is 3.35. The van der Waals surface area contributed by atoms with Gasteiger partial charge in [0.05, 0.1) is 6.61 Å². The summed E-state index contributed by atoms with van der Waals surface area (Å²) in [5.74, 6) is -3.25. The molecule has 3 N–H and O–H groups in total. The van der Waals surface area contributed by atoms with Crippen LogP contribution in [-0.2, 0) is 42.9 Å². The number of carbonyl (C=O) groups is 4. The highest BCUT2D eigenvalue weighted by Crippen LogP contribution is 2.26. The zero-order chi connectivity index (χ0) is 51.8. The number of unbranched alkanes of at least 4 members (excludes halogenated alkanes) is 14. The molecule has 0 saturated carbocycles. The number of hydrogen-bond acceptors (Lipinski definition) is 11. The largest absolute Gasteiger partial charge is 0.479 e. The summed E-state index contributed by atoms with van der Waals surface area (Å²) in [5, 5.41) is 31.3. The van der Waals surface area contributed by atoms with Crippen LogP contribution in [0.1, 0.15) is 201 Å². The van der Waals surface area contributed by atoms with E-state index in [1.54, 1.807) is 0 Å². The second kappa shape index (κ2) is 46.7. The standard InChI is InChI=1S/C59H94O12/c1-4-7-10-13-16-19-22-24-25-26-27-29-31-33-36-39-42-45-51(60)67-48-50(69-52(61)46-43-40-37-35-32-28-23-20-17-14-11-8-5-2)49-68-59-57(55(64)54(63)56(71-59)58(65)66)70-53(62)47-44-41-38-34-30-21-18-15-12-9-6-3/h7-8,10-11,16-17,19-20,24-25,27-29,32-33,36,50,54-57,59,63-64H,4-6,9,12-15,18,21-23,26,30-31,34-35,37-49H2,1-3H3,(H,65,66)/b10-7-,11-8-,19-16-,20-17-,25-24-,29-27-,32-28-,36-33-. The molecule has 1 saturated heterocycles. The summed E-state index contributed by atoms with van der Waals surface area (Å²) in [6, 6.07) is 0. The summed E-state index contributed by atoms with van der Waals surface area (Å²) < 4.78 is 28.2. The van der Waals surface area contributed by atoms with Gasteiger partial charge in [-0.05, 0) is 89.9 Å². The minimum atomic E-state index is -1.92. The number of aliphatic carboxylic acids is 1. The van der Waals surface area contributed by atoms with Crippen molar-refractivity contribution < 1.29 is 58.2 Å². The zero-order valence-electron chi connectivity index (χ0n) is 43.9. The lowest BCUT2D eigenvalue weighted by Crippen LogP contribution is -2.61. The van der Waals surface area contributed by atoms with E-state index in [0.29, 0.717) is 25.7 Å². The first-order chi connectivity index (χ1) is 34.6. The Morgan fingerprint density at radius 3 is 1.39 bits per heavy atom. The molecule has 6 atom stereocenters. The number of aliphatic hydroxyl groups is 2. The van der Waals surface area contributed by atoms with Gasteiger partial charge in [-0.25, -0.2) is 4.79 Å². The van der Waals surface area contributed by atoms with Crippen molar-refractivity contribution >= 4 is 23.9 Å². The summed E-state index contributed by atoms with van der Waals surface area (Å²) in [6.07, 6.45) is 48.3. The van der Waals surface area contributed by atoms with Crippen molar-refractivity contribution in [3.63, 3.8) is 0 Å².